The molecular weight excluding hydrogens is 590 g/mol. The summed E-state index contributed by atoms with van der Waals surface area (Å²) in [6.45, 7) is 2.05. The van der Waals surface area contributed by atoms with Crippen molar-refractivity contribution in [2.45, 2.75) is 36.9 Å². The highest BCUT2D eigenvalue weighted by molar-refractivity contribution is 7.99. The number of benzene rings is 4. The average molecular weight is 622 g/mol. The summed E-state index contributed by atoms with van der Waals surface area (Å²) < 4.78 is 13.0. The minimum absolute atomic E-state index is 0.00589. The second-order valence-electron chi connectivity index (χ2n) is 10.8. The van der Waals surface area contributed by atoms with E-state index in [-0.39, 0.29) is 41.9 Å². The molecule has 1 saturated heterocycles. The zero-order valence-electron chi connectivity index (χ0n) is 24.4. The monoisotopic (exact) mass is 621 g/mol. The number of carbonyl (C=O) groups excluding carboxylic acids is 1. The third kappa shape index (κ3) is 7.05. The molecule has 0 saturated carbocycles. The molecule has 5 aromatic rings. The van der Waals surface area contributed by atoms with Gasteiger partial charge in [-0.05, 0) is 59.7 Å². The van der Waals surface area contributed by atoms with Crippen LogP contribution in [-0.4, -0.2) is 43.9 Å². The predicted molar refractivity (Wildman–Crippen MR) is 171 cm³/mol. The fourth-order valence-electron chi connectivity index (χ4n) is 5.17. The van der Waals surface area contributed by atoms with E-state index < -0.39 is 12.3 Å². The third-order valence-corrected chi connectivity index (χ3v) is 8.86. The number of thioether (sulfide) groups is 1. The van der Waals surface area contributed by atoms with Crippen LogP contribution in [0.4, 0.5) is 5.69 Å². The van der Waals surface area contributed by atoms with E-state index in [1.165, 1.54) is 6.20 Å². The minimum atomic E-state index is -0.959. The van der Waals surface area contributed by atoms with E-state index in [1.807, 2.05) is 60.7 Å². The number of carboxylic acids is 1. The van der Waals surface area contributed by atoms with Crippen molar-refractivity contribution >= 4 is 40.4 Å². The number of ether oxygens (including phenoxy) is 2. The number of aromatic nitrogens is 2. The van der Waals surface area contributed by atoms with E-state index in [1.54, 1.807) is 48.2 Å². The summed E-state index contributed by atoms with van der Waals surface area (Å²) in [4.78, 5) is 33.8. The Hall–Kier alpha value is -4.61. The maximum Gasteiger partial charge on any atom is 0.335 e. The van der Waals surface area contributed by atoms with Gasteiger partial charge in [-0.1, -0.05) is 55.5 Å². The van der Waals surface area contributed by atoms with E-state index in [4.69, 9.17) is 9.47 Å². The largest absolute Gasteiger partial charge is 0.478 e. The van der Waals surface area contributed by atoms with Crippen LogP contribution in [0, 0.1) is 5.92 Å². The lowest BCUT2D eigenvalue weighted by atomic mass is 9.91. The van der Waals surface area contributed by atoms with Crippen LogP contribution in [0.15, 0.2) is 108 Å². The Morgan fingerprint density at radius 2 is 1.56 bits per heavy atom. The number of nitrogens with one attached hydrogen (secondary N) is 1. The Bertz CT molecular complexity index is 1800. The van der Waals surface area contributed by atoms with Crippen LogP contribution in [0.1, 0.15) is 56.9 Å². The van der Waals surface area contributed by atoms with Crippen molar-refractivity contribution in [3.05, 3.63) is 131 Å². The number of rotatable bonds is 9. The average Bonchev–Trinajstić information content (AvgIpc) is 3.08. The van der Waals surface area contributed by atoms with Gasteiger partial charge in [0.15, 0.2) is 6.29 Å². The van der Waals surface area contributed by atoms with Crippen molar-refractivity contribution in [2.24, 2.45) is 5.92 Å². The standard InChI is InChI=1S/C35H31N3O6S/c1-21-31(20-45-27-16-12-24(13-17-27)34(41)42)43-35(44-32(21)23-8-6-22(19-39)7-9-23)25-10-14-26(15-11-25)37-33(40)30-18-36-28-4-2-3-5-29(28)38-30/h2-18,21,31-32,35,39H,19-20H2,1H3,(H,37,40)(H,41,42)/t21-,31+,32+,35+/m0/s1. The number of hydrogen-bond acceptors (Lipinski definition) is 8. The maximum absolute atomic E-state index is 12.9. The SMILES string of the molecule is C[C@H]1[C@@H](CSc2ccc(C(=O)O)cc2)O[C@@H](c2ccc(NC(=O)c3cnc4ccccc4n3)cc2)O[C@H]1c1ccc(CO)cc1. The number of fused-ring (bicyclic) bond motifs is 1. The van der Waals surface area contributed by atoms with Crippen LogP contribution in [0.5, 0.6) is 0 Å². The van der Waals surface area contributed by atoms with Gasteiger partial charge >= 0.3 is 5.97 Å². The summed E-state index contributed by atoms with van der Waals surface area (Å²) in [6.07, 6.45) is 0.325. The number of para-hydroxylation sites is 2. The first-order valence-electron chi connectivity index (χ1n) is 14.5. The topological polar surface area (TPSA) is 131 Å². The Morgan fingerprint density at radius 1 is 0.867 bits per heavy atom. The summed E-state index contributed by atoms with van der Waals surface area (Å²) in [6, 6.07) is 29.2. The van der Waals surface area contributed by atoms with Gasteiger partial charge in [0.05, 0.1) is 41.6 Å². The molecule has 0 radical (unpaired) electrons. The molecule has 228 valence electrons. The number of aliphatic hydroxyl groups is 1. The van der Waals surface area contributed by atoms with Gasteiger partial charge in [-0.2, -0.15) is 0 Å². The Morgan fingerprint density at radius 3 is 2.24 bits per heavy atom. The maximum atomic E-state index is 12.9. The van der Waals surface area contributed by atoms with Gasteiger partial charge in [-0.3, -0.25) is 9.78 Å². The highest BCUT2D eigenvalue weighted by atomic mass is 32.2. The molecule has 1 aliphatic rings. The Kier molecular flexibility index (Phi) is 9.18. The van der Waals surface area contributed by atoms with Crippen molar-refractivity contribution in [1.29, 1.82) is 0 Å². The van der Waals surface area contributed by atoms with Crippen molar-refractivity contribution in [3.8, 4) is 0 Å². The first kappa shape index (κ1) is 30.4. The second-order valence-corrected chi connectivity index (χ2v) is 11.9. The quantitative estimate of drug-likeness (QED) is 0.155. The molecule has 3 N–H and O–H groups in total. The van der Waals surface area contributed by atoms with Gasteiger partial charge in [0.2, 0.25) is 0 Å². The number of carbonyl (C=O) groups is 2. The van der Waals surface area contributed by atoms with Crippen molar-refractivity contribution in [2.75, 3.05) is 11.1 Å². The molecule has 45 heavy (non-hydrogen) atoms. The molecule has 1 amide bonds. The second kappa shape index (κ2) is 13.6. The van der Waals surface area contributed by atoms with E-state index >= 15 is 0 Å². The fraction of sp³-hybridized carbons (Fsp3) is 0.200. The molecule has 9 nitrogen and oxygen atoms in total. The molecule has 1 fully saturated rings. The Labute approximate surface area is 264 Å². The van der Waals surface area contributed by atoms with E-state index in [0.717, 1.165) is 27.1 Å². The van der Waals surface area contributed by atoms with Crippen LogP contribution in [0.25, 0.3) is 11.0 Å². The van der Waals surface area contributed by atoms with E-state index in [0.29, 0.717) is 17.0 Å². The van der Waals surface area contributed by atoms with Crippen LogP contribution < -0.4 is 5.32 Å². The van der Waals surface area contributed by atoms with E-state index in [9.17, 15) is 19.8 Å². The number of amides is 1. The van der Waals surface area contributed by atoms with Gasteiger partial charge in [0.25, 0.3) is 5.91 Å². The molecule has 10 heteroatoms. The number of hydrogen-bond donors (Lipinski definition) is 3. The highest BCUT2D eigenvalue weighted by Gasteiger charge is 2.38. The van der Waals surface area contributed by atoms with Crippen LogP contribution in [0.2, 0.25) is 0 Å². The predicted octanol–water partition coefficient (Wildman–Crippen LogP) is 6.66. The van der Waals surface area contributed by atoms with Crippen LogP contribution in [0.3, 0.4) is 0 Å². The molecule has 0 aliphatic carbocycles. The first-order valence-corrected chi connectivity index (χ1v) is 15.5. The van der Waals surface area contributed by atoms with Crippen LogP contribution in [-0.2, 0) is 16.1 Å². The molecule has 0 unspecified atom stereocenters. The molecule has 2 heterocycles. The molecule has 4 atom stereocenters. The number of anilines is 1. The third-order valence-electron chi connectivity index (χ3n) is 7.76. The molecule has 4 aromatic carbocycles. The van der Waals surface area contributed by atoms with Crippen molar-refractivity contribution in [1.82, 2.24) is 9.97 Å². The van der Waals surface area contributed by atoms with Gasteiger partial charge in [-0.15, -0.1) is 11.8 Å². The van der Waals surface area contributed by atoms with Gasteiger partial charge in [-0.25, -0.2) is 9.78 Å². The number of aliphatic hydroxyl groups excluding tert-OH is 1. The lowest BCUT2D eigenvalue weighted by molar-refractivity contribution is -0.268. The van der Waals surface area contributed by atoms with Gasteiger partial charge in [0.1, 0.15) is 5.69 Å². The zero-order chi connectivity index (χ0) is 31.3. The zero-order valence-corrected chi connectivity index (χ0v) is 25.2. The molecule has 0 spiro atoms. The Balaban J connectivity index is 1.19. The lowest BCUT2D eigenvalue weighted by Gasteiger charge is -2.41. The molecule has 6 rings (SSSR count). The van der Waals surface area contributed by atoms with Gasteiger partial charge in [0, 0.05) is 27.8 Å². The highest BCUT2D eigenvalue weighted by Crippen LogP contribution is 2.43. The summed E-state index contributed by atoms with van der Waals surface area (Å²) in [5, 5.41) is 21.6. The fourth-order valence-corrected chi connectivity index (χ4v) is 6.23. The normalized spacial score (nSPS) is 19.7. The minimum Gasteiger partial charge on any atom is -0.478 e. The summed E-state index contributed by atoms with van der Waals surface area (Å²) in [7, 11) is 0. The first-order chi connectivity index (χ1) is 21.9. The number of carboxylic acid groups (broad SMARTS) is 1. The van der Waals surface area contributed by atoms with Crippen molar-refractivity contribution < 1.29 is 29.3 Å². The summed E-state index contributed by atoms with van der Waals surface area (Å²) >= 11 is 1.59. The summed E-state index contributed by atoms with van der Waals surface area (Å²) in [5.41, 5.74) is 5.01. The molecular formula is C35H31N3O6S. The molecule has 1 aliphatic heterocycles. The summed E-state index contributed by atoms with van der Waals surface area (Å²) in [5.74, 6) is -0.702. The van der Waals surface area contributed by atoms with Crippen molar-refractivity contribution in [3.63, 3.8) is 0 Å². The number of nitrogens with zero attached hydrogens (tertiary/aromatic N) is 2. The smallest absolute Gasteiger partial charge is 0.335 e. The van der Waals surface area contributed by atoms with E-state index in [2.05, 4.69) is 22.2 Å². The lowest BCUT2D eigenvalue weighted by Crippen LogP contribution is -2.38. The molecule has 0 bridgehead atoms. The van der Waals surface area contributed by atoms with Crippen LogP contribution >= 0.6 is 11.8 Å². The number of aromatic carboxylic acids is 1. The molecule has 1 aromatic heterocycles. The van der Waals surface area contributed by atoms with Gasteiger partial charge < -0.3 is 25.0 Å².